The van der Waals surface area contributed by atoms with Crippen molar-refractivity contribution in [2.45, 2.75) is 52.6 Å². The molecule has 27 heavy (non-hydrogen) atoms. The molecule has 0 aromatic heterocycles. The van der Waals surface area contributed by atoms with Gasteiger partial charge in [0.05, 0.1) is 12.1 Å². The van der Waals surface area contributed by atoms with Crippen molar-refractivity contribution in [3.8, 4) is 0 Å². The molecule has 3 N–H and O–H groups in total. The Kier molecular flexibility index (Phi) is 6.99. The van der Waals surface area contributed by atoms with Crippen molar-refractivity contribution in [2.75, 3.05) is 5.32 Å². The van der Waals surface area contributed by atoms with E-state index >= 15 is 0 Å². The number of urea groups is 1. The minimum atomic E-state index is -0.229. The fourth-order valence-corrected chi connectivity index (χ4v) is 2.86. The van der Waals surface area contributed by atoms with Crippen LogP contribution in [0.2, 0.25) is 0 Å². The van der Waals surface area contributed by atoms with Crippen molar-refractivity contribution in [3.05, 3.63) is 65.2 Å². The van der Waals surface area contributed by atoms with E-state index in [4.69, 9.17) is 0 Å². The second kappa shape index (κ2) is 9.21. The van der Waals surface area contributed by atoms with Crippen LogP contribution in [0.4, 0.5) is 10.5 Å². The fraction of sp³-hybridized carbons (Fsp3) is 0.364. The third kappa shape index (κ3) is 6.13. The molecule has 0 unspecified atom stereocenters. The van der Waals surface area contributed by atoms with Gasteiger partial charge in [-0.25, -0.2) is 4.79 Å². The Balaban J connectivity index is 1.95. The highest BCUT2D eigenvalue weighted by atomic mass is 16.2. The van der Waals surface area contributed by atoms with Gasteiger partial charge < -0.3 is 16.0 Å². The van der Waals surface area contributed by atoms with E-state index in [-0.39, 0.29) is 24.0 Å². The normalized spacial score (nSPS) is 13.0. The number of anilines is 1. The maximum atomic E-state index is 12.4. The first kappa shape index (κ1) is 20.5. The number of amides is 3. The van der Waals surface area contributed by atoms with Crippen molar-refractivity contribution in [2.24, 2.45) is 0 Å². The van der Waals surface area contributed by atoms with Crippen molar-refractivity contribution in [1.82, 2.24) is 10.6 Å². The smallest absolute Gasteiger partial charge is 0.315 e. The van der Waals surface area contributed by atoms with Gasteiger partial charge in [0, 0.05) is 12.6 Å². The van der Waals surface area contributed by atoms with Crippen molar-refractivity contribution >= 4 is 17.6 Å². The van der Waals surface area contributed by atoms with E-state index in [1.807, 2.05) is 38.1 Å². The lowest BCUT2D eigenvalue weighted by atomic mass is 10.00. The van der Waals surface area contributed by atoms with Gasteiger partial charge >= 0.3 is 6.03 Å². The number of benzene rings is 2. The van der Waals surface area contributed by atoms with E-state index in [0.717, 1.165) is 11.1 Å². The van der Waals surface area contributed by atoms with E-state index in [1.165, 1.54) is 12.5 Å². The first-order chi connectivity index (χ1) is 12.8. The quantitative estimate of drug-likeness (QED) is 0.680. The number of hydrogen-bond donors (Lipinski definition) is 3. The topological polar surface area (TPSA) is 70.2 Å². The molecule has 0 aliphatic heterocycles. The minimum absolute atomic E-state index is 0.0934. The molecule has 0 spiro atoms. The predicted octanol–water partition coefficient (Wildman–Crippen LogP) is 4.89. The molecule has 2 atom stereocenters. The van der Waals surface area contributed by atoms with Crippen molar-refractivity contribution in [1.29, 1.82) is 0 Å². The summed E-state index contributed by atoms with van der Waals surface area (Å²) in [6, 6.07) is 15.3. The highest BCUT2D eigenvalue weighted by Crippen LogP contribution is 2.20. The number of nitrogens with one attached hydrogen (secondary N) is 3. The molecule has 0 saturated heterocycles. The van der Waals surface area contributed by atoms with Gasteiger partial charge in [0.2, 0.25) is 5.91 Å². The van der Waals surface area contributed by atoms with E-state index < -0.39 is 0 Å². The van der Waals surface area contributed by atoms with Gasteiger partial charge in [-0.05, 0) is 48.6 Å². The highest BCUT2D eigenvalue weighted by Gasteiger charge is 2.13. The maximum Gasteiger partial charge on any atom is 0.315 e. The van der Waals surface area contributed by atoms with Crippen LogP contribution in [-0.4, -0.2) is 11.9 Å². The van der Waals surface area contributed by atoms with Crippen LogP contribution in [0.1, 0.15) is 69.3 Å². The van der Waals surface area contributed by atoms with Gasteiger partial charge in [-0.2, -0.15) is 0 Å². The SMILES string of the molecule is CC(=O)Nc1cccc([C@@H](C)NC(=O)N[C@H](C)c2ccc(C(C)C)cc2)c1. The van der Waals surface area contributed by atoms with Crippen LogP contribution in [-0.2, 0) is 4.79 Å². The number of hydrogen-bond acceptors (Lipinski definition) is 2. The average Bonchev–Trinajstić information content (AvgIpc) is 2.61. The van der Waals surface area contributed by atoms with Crippen LogP contribution in [0.5, 0.6) is 0 Å². The summed E-state index contributed by atoms with van der Waals surface area (Å²) in [5.74, 6) is 0.363. The third-order valence-corrected chi connectivity index (χ3v) is 4.51. The largest absolute Gasteiger partial charge is 0.332 e. The monoisotopic (exact) mass is 367 g/mol. The van der Waals surface area contributed by atoms with Gasteiger partial charge in [-0.15, -0.1) is 0 Å². The average molecular weight is 367 g/mol. The first-order valence-electron chi connectivity index (χ1n) is 9.30. The molecule has 5 heteroatoms. The summed E-state index contributed by atoms with van der Waals surface area (Å²) in [6.45, 7) is 9.66. The molecule has 0 fully saturated rings. The molecule has 0 heterocycles. The molecular formula is C22H29N3O2. The number of carbonyl (C=O) groups is 2. The molecule has 2 aromatic carbocycles. The molecule has 0 saturated carbocycles. The third-order valence-electron chi connectivity index (χ3n) is 4.51. The van der Waals surface area contributed by atoms with Gasteiger partial charge in [0.1, 0.15) is 0 Å². The lowest BCUT2D eigenvalue weighted by Gasteiger charge is -2.19. The van der Waals surface area contributed by atoms with Gasteiger partial charge in [0.15, 0.2) is 0 Å². The van der Waals surface area contributed by atoms with E-state index in [1.54, 1.807) is 0 Å². The van der Waals surface area contributed by atoms with Crippen LogP contribution in [0.25, 0.3) is 0 Å². The standard InChI is InChI=1S/C22H29N3O2/c1-14(2)18-9-11-19(12-10-18)15(3)23-22(27)24-16(4)20-7-6-8-21(13-20)25-17(5)26/h6-16H,1-5H3,(H,25,26)(H2,23,24,27)/t15-,16-/m1/s1. The van der Waals surface area contributed by atoms with Gasteiger partial charge in [-0.1, -0.05) is 50.2 Å². The zero-order valence-corrected chi connectivity index (χ0v) is 16.7. The molecule has 0 bridgehead atoms. The van der Waals surface area contributed by atoms with E-state index in [2.05, 4.69) is 54.1 Å². The van der Waals surface area contributed by atoms with Crippen LogP contribution in [0, 0.1) is 0 Å². The van der Waals surface area contributed by atoms with Crippen LogP contribution < -0.4 is 16.0 Å². The lowest BCUT2D eigenvalue weighted by molar-refractivity contribution is -0.114. The van der Waals surface area contributed by atoms with Crippen molar-refractivity contribution in [3.63, 3.8) is 0 Å². The van der Waals surface area contributed by atoms with Gasteiger partial charge in [-0.3, -0.25) is 4.79 Å². The van der Waals surface area contributed by atoms with E-state index in [9.17, 15) is 9.59 Å². The predicted molar refractivity (Wildman–Crippen MR) is 110 cm³/mol. The molecule has 0 aliphatic rings. The Morgan fingerprint density at radius 2 is 1.33 bits per heavy atom. The summed E-state index contributed by atoms with van der Waals surface area (Å²) in [6.07, 6.45) is 0. The molecule has 0 aliphatic carbocycles. The Bertz CT molecular complexity index is 784. The fourth-order valence-electron chi connectivity index (χ4n) is 2.86. The number of carbonyl (C=O) groups excluding carboxylic acids is 2. The summed E-state index contributed by atoms with van der Waals surface area (Å²) in [7, 11) is 0. The summed E-state index contributed by atoms with van der Waals surface area (Å²) in [4.78, 5) is 23.6. The summed E-state index contributed by atoms with van der Waals surface area (Å²) < 4.78 is 0. The zero-order valence-electron chi connectivity index (χ0n) is 16.7. The molecule has 5 nitrogen and oxygen atoms in total. The molecule has 144 valence electrons. The van der Waals surface area contributed by atoms with E-state index in [0.29, 0.717) is 11.6 Å². The minimum Gasteiger partial charge on any atom is -0.332 e. The second-order valence-electron chi connectivity index (χ2n) is 7.19. The zero-order chi connectivity index (χ0) is 20.0. The van der Waals surface area contributed by atoms with Crippen LogP contribution in [0.15, 0.2) is 48.5 Å². The lowest BCUT2D eigenvalue weighted by Crippen LogP contribution is -2.38. The molecule has 3 amide bonds. The molecule has 2 rings (SSSR count). The highest BCUT2D eigenvalue weighted by molar-refractivity contribution is 5.88. The number of rotatable bonds is 6. The Hall–Kier alpha value is -2.82. The van der Waals surface area contributed by atoms with Crippen molar-refractivity contribution < 1.29 is 9.59 Å². The maximum absolute atomic E-state index is 12.4. The first-order valence-corrected chi connectivity index (χ1v) is 9.30. The summed E-state index contributed by atoms with van der Waals surface area (Å²) in [5, 5.41) is 8.67. The van der Waals surface area contributed by atoms with Gasteiger partial charge in [0.25, 0.3) is 0 Å². The van der Waals surface area contributed by atoms with Crippen LogP contribution >= 0.6 is 0 Å². The molecule has 2 aromatic rings. The summed E-state index contributed by atoms with van der Waals surface area (Å²) >= 11 is 0. The molecule has 0 radical (unpaired) electrons. The Morgan fingerprint density at radius 1 is 0.778 bits per heavy atom. The Morgan fingerprint density at radius 3 is 1.89 bits per heavy atom. The molecular weight excluding hydrogens is 338 g/mol. The second-order valence-corrected chi connectivity index (χ2v) is 7.19. The van der Waals surface area contributed by atoms with Crippen LogP contribution in [0.3, 0.4) is 0 Å². The summed E-state index contributed by atoms with van der Waals surface area (Å²) in [5.41, 5.74) is 3.98. The Labute approximate surface area is 161 Å².